The predicted molar refractivity (Wildman–Crippen MR) is 104 cm³/mol. The molecule has 0 radical (unpaired) electrons. The van der Waals surface area contributed by atoms with Crippen LogP contribution in [0, 0.1) is 15.5 Å². The molecule has 1 aliphatic heterocycles. The van der Waals surface area contributed by atoms with E-state index in [1.807, 2.05) is 16.3 Å². The van der Waals surface area contributed by atoms with E-state index in [2.05, 4.69) is 15.8 Å². The Morgan fingerprint density at radius 3 is 2.85 bits per heavy atom. The maximum Gasteiger partial charge on any atom is 0.389 e. The molecule has 1 saturated carbocycles. The lowest BCUT2D eigenvalue weighted by molar-refractivity contribution is -0.389. The summed E-state index contributed by atoms with van der Waals surface area (Å²) in [5, 5.41) is 22.1. The zero-order valence-corrected chi connectivity index (χ0v) is 16.4. The molecule has 146 valence electrons. The van der Waals surface area contributed by atoms with Crippen LogP contribution < -0.4 is 5.32 Å². The van der Waals surface area contributed by atoms with E-state index in [0.717, 1.165) is 37.9 Å². The first-order valence-electron chi connectivity index (χ1n) is 8.76. The lowest BCUT2D eigenvalue weighted by atomic mass is 9.93. The maximum atomic E-state index is 13.0. The third-order valence-corrected chi connectivity index (χ3v) is 6.22. The monoisotopic (exact) mass is 411 g/mol. The second kappa shape index (κ2) is 7.95. The molecule has 3 heterocycles. The van der Waals surface area contributed by atoms with Crippen molar-refractivity contribution in [2.75, 3.05) is 13.1 Å². The van der Waals surface area contributed by atoms with Gasteiger partial charge in [0, 0.05) is 12.6 Å². The van der Waals surface area contributed by atoms with Crippen LogP contribution in [0.5, 0.6) is 0 Å². The fraction of sp³-hybridized carbons (Fsp3) is 0.529. The van der Waals surface area contributed by atoms with E-state index in [1.165, 1.54) is 16.9 Å². The summed E-state index contributed by atoms with van der Waals surface area (Å²) in [6.45, 7) is 2.62. The van der Waals surface area contributed by atoms with Gasteiger partial charge in [-0.15, -0.1) is 12.4 Å². The summed E-state index contributed by atoms with van der Waals surface area (Å²) in [5.74, 6) is -0.266. The molecule has 2 aliphatic rings. The number of nitrogens with one attached hydrogen (secondary N) is 1. The minimum absolute atomic E-state index is 0. The molecule has 1 N–H and O–H groups in total. The first-order valence-corrected chi connectivity index (χ1v) is 9.71. The van der Waals surface area contributed by atoms with E-state index in [1.54, 1.807) is 11.3 Å². The third-order valence-electron chi connectivity index (χ3n) is 5.49. The molecule has 2 fully saturated rings. The first kappa shape index (κ1) is 19.8. The zero-order chi connectivity index (χ0) is 18.1. The molecule has 2 aromatic rings. The molecule has 0 bridgehead atoms. The second-order valence-electron chi connectivity index (χ2n) is 7.11. The van der Waals surface area contributed by atoms with Gasteiger partial charge in [-0.25, -0.2) is 0 Å². The van der Waals surface area contributed by atoms with Gasteiger partial charge in [0.1, 0.15) is 6.54 Å². The molecular formula is C17H22ClN5O3S. The number of hydrogen-bond acceptors (Lipinski definition) is 6. The normalized spacial score (nSPS) is 20.1. The Balaban J connectivity index is 0.00000210. The summed E-state index contributed by atoms with van der Waals surface area (Å²) in [6, 6.07) is 3.62. The van der Waals surface area contributed by atoms with E-state index in [-0.39, 0.29) is 42.1 Å². The van der Waals surface area contributed by atoms with Crippen molar-refractivity contribution >= 4 is 35.5 Å². The van der Waals surface area contributed by atoms with Crippen molar-refractivity contribution in [1.29, 1.82) is 0 Å². The minimum atomic E-state index is -0.547. The molecule has 10 heteroatoms. The van der Waals surface area contributed by atoms with Gasteiger partial charge in [0.15, 0.2) is 0 Å². The van der Waals surface area contributed by atoms with Crippen molar-refractivity contribution in [3.05, 3.63) is 44.8 Å². The topological polar surface area (TPSA) is 93.3 Å². The smallest absolute Gasteiger partial charge is 0.358 e. The van der Waals surface area contributed by atoms with Gasteiger partial charge >= 0.3 is 5.82 Å². The first-order chi connectivity index (χ1) is 12.6. The standard InChI is InChI=1S/C17H21N5O3S.ClH/c23-16(11-20-7-1-15(19-20)22(24)25)21(10-13-2-8-26-12-13)14-9-17(14)3-5-18-6-4-17;/h1-2,7-8,12,14,18H,3-6,9-11H2;1H. The summed E-state index contributed by atoms with van der Waals surface area (Å²) in [7, 11) is 0. The molecule has 4 rings (SSSR count). The number of nitrogens with zero attached hydrogens (tertiary/aromatic N) is 4. The van der Waals surface area contributed by atoms with Crippen LogP contribution in [0.1, 0.15) is 24.8 Å². The summed E-state index contributed by atoms with van der Waals surface area (Å²) in [5.41, 5.74) is 1.37. The Labute approximate surface area is 167 Å². The van der Waals surface area contributed by atoms with Gasteiger partial charge in [-0.2, -0.15) is 16.0 Å². The third kappa shape index (κ3) is 4.15. The van der Waals surface area contributed by atoms with Crippen molar-refractivity contribution in [1.82, 2.24) is 20.0 Å². The fourth-order valence-corrected chi connectivity index (χ4v) is 4.61. The number of carbonyl (C=O) groups is 1. The molecule has 8 nitrogen and oxygen atoms in total. The average Bonchev–Trinajstić information content (AvgIpc) is 3.03. The number of piperidine rings is 1. The second-order valence-corrected chi connectivity index (χ2v) is 7.89. The van der Waals surface area contributed by atoms with E-state index >= 15 is 0 Å². The van der Waals surface area contributed by atoms with Gasteiger partial charge in [-0.05, 0) is 65.1 Å². The number of halogens is 1. The van der Waals surface area contributed by atoms with Gasteiger partial charge in [-0.3, -0.25) is 4.79 Å². The van der Waals surface area contributed by atoms with Crippen molar-refractivity contribution in [2.24, 2.45) is 5.41 Å². The molecule has 1 unspecified atom stereocenters. The van der Waals surface area contributed by atoms with Gasteiger partial charge < -0.3 is 20.3 Å². The Morgan fingerprint density at radius 2 is 2.22 bits per heavy atom. The van der Waals surface area contributed by atoms with Crippen LogP contribution in [-0.4, -0.2) is 44.6 Å². The molecule has 1 atom stereocenters. The number of hydrogen-bond donors (Lipinski definition) is 1. The number of rotatable bonds is 6. The Hall–Kier alpha value is -1.97. The zero-order valence-electron chi connectivity index (χ0n) is 14.7. The molecule has 27 heavy (non-hydrogen) atoms. The van der Waals surface area contributed by atoms with Crippen molar-refractivity contribution in [2.45, 2.75) is 38.4 Å². The maximum absolute atomic E-state index is 13.0. The number of thiophene rings is 1. The SMILES string of the molecule is Cl.O=C(Cn1ccc([N+](=O)[O-])n1)N(Cc1ccsc1)C1CC12CCNCC2. The highest BCUT2D eigenvalue weighted by Crippen LogP contribution is 2.56. The lowest BCUT2D eigenvalue weighted by Crippen LogP contribution is -2.40. The molecule has 1 saturated heterocycles. The van der Waals surface area contributed by atoms with Crippen LogP contribution in [0.2, 0.25) is 0 Å². The van der Waals surface area contributed by atoms with Crippen LogP contribution in [0.4, 0.5) is 5.82 Å². The quantitative estimate of drug-likeness (QED) is 0.582. The van der Waals surface area contributed by atoms with Gasteiger partial charge in [0.05, 0.1) is 17.4 Å². The fourth-order valence-electron chi connectivity index (χ4n) is 3.95. The Morgan fingerprint density at radius 1 is 1.44 bits per heavy atom. The number of amides is 1. The Bertz CT molecular complexity index is 803. The van der Waals surface area contributed by atoms with Crippen molar-refractivity contribution < 1.29 is 9.72 Å². The van der Waals surface area contributed by atoms with Crippen LogP contribution in [-0.2, 0) is 17.9 Å². The number of nitro groups is 1. The molecule has 1 spiro atoms. The van der Waals surface area contributed by atoms with Crippen LogP contribution in [0.25, 0.3) is 0 Å². The van der Waals surface area contributed by atoms with E-state index in [4.69, 9.17) is 0 Å². The van der Waals surface area contributed by atoms with E-state index in [0.29, 0.717) is 6.54 Å². The molecule has 0 aromatic carbocycles. The van der Waals surface area contributed by atoms with E-state index in [9.17, 15) is 14.9 Å². The van der Waals surface area contributed by atoms with Gasteiger partial charge in [0.2, 0.25) is 5.91 Å². The van der Waals surface area contributed by atoms with Crippen molar-refractivity contribution in [3.63, 3.8) is 0 Å². The van der Waals surface area contributed by atoms with Crippen LogP contribution >= 0.6 is 23.7 Å². The summed E-state index contributed by atoms with van der Waals surface area (Å²) < 4.78 is 1.36. The minimum Gasteiger partial charge on any atom is -0.358 e. The van der Waals surface area contributed by atoms with Gasteiger partial charge in [0.25, 0.3) is 0 Å². The van der Waals surface area contributed by atoms with Crippen LogP contribution in [0.15, 0.2) is 29.1 Å². The number of carbonyl (C=O) groups excluding carboxylic acids is 1. The summed E-state index contributed by atoms with van der Waals surface area (Å²) in [6.07, 6.45) is 4.73. The largest absolute Gasteiger partial charge is 0.389 e. The number of aromatic nitrogens is 2. The van der Waals surface area contributed by atoms with Crippen molar-refractivity contribution in [3.8, 4) is 0 Å². The molecule has 1 aliphatic carbocycles. The van der Waals surface area contributed by atoms with E-state index < -0.39 is 4.92 Å². The highest BCUT2D eigenvalue weighted by molar-refractivity contribution is 7.07. The highest BCUT2D eigenvalue weighted by Gasteiger charge is 2.57. The summed E-state index contributed by atoms with van der Waals surface area (Å²) in [4.78, 5) is 25.2. The predicted octanol–water partition coefficient (Wildman–Crippen LogP) is 2.45. The molecular weight excluding hydrogens is 390 g/mol. The molecule has 1 amide bonds. The summed E-state index contributed by atoms with van der Waals surface area (Å²) >= 11 is 1.62. The Kier molecular flexibility index (Phi) is 5.83. The average molecular weight is 412 g/mol. The van der Waals surface area contributed by atoms with Crippen LogP contribution in [0.3, 0.4) is 0 Å². The van der Waals surface area contributed by atoms with Gasteiger partial charge in [-0.1, -0.05) is 0 Å². The molecule has 2 aromatic heterocycles. The highest BCUT2D eigenvalue weighted by atomic mass is 35.5. The lowest BCUT2D eigenvalue weighted by Gasteiger charge is -2.29.